The molecule has 0 unspecified atom stereocenters. The fourth-order valence-electron chi connectivity index (χ4n) is 4.04. The molecule has 0 saturated carbocycles. The molecule has 5 rings (SSSR count). The number of pyridine rings is 2. The van der Waals surface area contributed by atoms with E-state index in [1.807, 2.05) is 6.07 Å². The maximum absolute atomic E-state index is 12.7. The molecule has 0 amide bonds. The maximum atomic E-state index is 12.7. The normalized spacial score (nSPS) is 14.4. The van der Waals surface area contributed by atoms with Crippen LogP contribution in [-0.2, 0) is 19.6 Å². The minimum atomic E-state index is -0.136. The standard InChI is InChI=1S/C24H23ClN4O2/c1-27-8-6-21-13-17-12-20(4-5-23(17)28(21)11-10-27)29-9-7-22(14-24(29)30)31-16-19-3-2-18(25)15-26-19/h2-5,7,9,12-15H,6,8,10-11,16H2,1H3. The predicted molar refractivity (Wildman–Crippen MR) is 122 cm³/mol. The van der Waals surface area contributed by atoms with Crippen molar-refractivity contribution in [3.05, 3.63) is 87.7 Å². The van der Waals surface area contributed by atoms with Crippen LogP contribution in [0, 0.1) is 0 Å². The van der Waals surface area contributed by atoms with Crippen molar-refractivity contribution in [1.82, 2.24) is 19.0 Å². The fraction of sp³-hybridized carbons (Fsp3) is 0.250. The van der Waals surface area contributed by atoms with Crippen molar-refractivity contribution < 1.29 is 4.74 Å². The van der Waals surface area contributed by atoms with E-state index in [0.29, 0.717) is 10.8 Å². The predicted octanol–water partition coefficient (Wildman–Crippen LogP) is 3.91. The highest BCUT2D eigenvalue weighted by Crippen LogP contribution is 2.25. The van der Waals surface area contributed by atoms with Gasteiger partial charge >= 0.3 is 0 Å². The van der Waals surface area contributed by atoms with Crippen LogP contribution in [0.3, 0.4) is 0 Å². The molecule has 1 aliphatic heterocycles. The van der Waals surface area contributed by atoms with Gasteiger partial charge in [0.15, 0.2) is 0 Å². The van der Waals surface area contributed by atoms with Crippen LogP contribution in [0.15, 0.2) is 65.7 Å². The van der Waals surface area contributed by atoms with Crippen molar-refractivity contribution in [1.29, 1.82) is 0 Å². The molecule has 1 aromatic carbocycles. The Morgan fingerprint density at radius 3 is 2.77 bits per heavy atom. The van der Waals surface area contributed by atoms with Gasteiger partial charge in [0.05, 0.1) is 10.7 Å². The van der Waals surface area contributed by atoms with Gasteiger partial charge in [-0.2, -0.15) is 0 Å². The van der Waals surface area contributed by atoms with Crippen molar-refractivity contribution >= 4 is 22.5 Å². The average Bonchev–Trinajstić information content (AvgIpc) is 3.02. The lowest BCUT2D eigenvalue weighted by molar-refractivity contribution is 0.300. The number of hydrogen-bond donors (Lipinski definition) is 0. The highest BCUT2D eigenvalue weighted by molar-refractivity contribution is 6.30. The Bertz CT molecular complexity index is 1290. The van der Waals surface area contributed by atoms with Crippen molar-refractivity contribution in [2.24, 2.45) is 0 Å². The molecule has 0 radical (unpaired) electrons. The van der Waals surface area contributed by atoms with E-state index in [-0.39, 0.29) is 12.2 Å². The van der Waals surface area contributed by atoms with E-state index >= 15 is 0 Å². The van der Waals surface area contributed by atoms with Gasteiger partial charge in [0.1, 0.15) is 12.4 Å². The molecule has 0 aliphatic carbocycles. The SMILES string of the molecule is CN1CCc2cc3cc(-n4ccc(OCc5ccc(Cl)cn5)cc4=O)ccc3n2CC1. The Morgan fingerprint density at radius 1 is 1.06 bits per heavy atom. The highest BCUT2D eigenvalue weighted by Gasteiger charge is 2.15. The van der Waals surface area contributed by atoms with Gasteiger partial charge in [-0.25, -0.2) is 0 Å². The zero-order chi connectivity index (χ0) is 21.4. The Labute approximate surface area is 185 Å². The first-order chi connectivity index (χ1) is 15.1. The number of benzene rings is 1. The van der Waals surface area contributed by atoms with Crippen LogP contribution in [-0.4, -0.2) is 39.2 Å². The molecule has 4 aromatic rings. The van der Waals surface area contributed by atoms with Gasteiger partial charge in [-0.3, -0.25) is 14.3 Å². The number of aromatic nitrogens is 3. The van der Waals surface area contributed by atoms with Crippen molar-refractivity contribution in [2.75, 3.05) is 20.1 Å². The molecule has 31 heavy (non-hydrogen) atoms. The topological polar surface area (TPSA) is 52.3 Å². The first kappa shape index (κ1) is 19.8. The zero-order valence-electron chi connectivity index (χ0n) is 17.3. The summed E-state index contributed by atoms with van der Waals surface area (Å²) in [6.45, 7) is 3.38. The lowest BCUT2D eigenvalue weighted by Gasteiger charge is -2.12. The van der Waals surface area contributed by atoms with E-state index in [9.17, 15) is 4.79 Å². The Morgan fingerprint density at radius 2 is 1.97 bits per heavy atom. The van der Waals surface area contributed by atoms with E-state index in [0.717, 1.165) is 42.8 Å². The van der Waals surface area contributed by atoms with E-state index < -0.39 is 0 Å². The van der Waals surface area contributed by atoms with Crippen molar-refractivity contribution in [3.8, 4) is 11.4 Å². The fourth-order valence-corrected chi connectivity index (χ4v) is 4.15. The molecule has 3 aromatic heterocycles. The Kier molecular flexibility index (Phi) is 5.26. The number of rotatable bonds is 4. The minimum Gasteiger partial charge on any atom is -0.487 e. The van der Waals surface area contributed by atoms with Gasteiger partial charge in [0, 0.05) is 66.8 Å². The Balaban J connectivity index is 1.38. The second-order valence-electron chi connectivity index (χ2n) is 7.91. The molecule has 0 bridgehead atoms. The summed E-state index contributed by atoms with van der Waals surface area (Å²) in [5.74, 6) is 0.513. The van der Waals surface area contributed by atoms with E-state index in [2.05, 4.69) is 39.7 Å². The first-order valence-electron chi connectivity index (χ1n) is 10.3. The average molecular weight is 435 g/mol. The summed E-state index contributed by atoms with van der Waals surface area (Å²) in [6, 6.07) is 15.3. The van der Waals surface area contributed by atoms with Crippen molar-refractivity contribution in [3.63, 3.8) is 0 Å². The molecule has 0 fully saturated rings. The zero-order valence-corrected chi connectivity index (χ0v) is 18.0. The molecular formula is C24H23ClN4O2. The van der Waals surface area contributed by atoms with Crippen LogP contribution in [0.2, 0.25) is 5.02 Å². The monoisotopic (exact) mass is 434 g/mol. The molecule has 0 atom stereocenters. The lowest BCUT2D eigenvalue weighted by atomic mass is 10.2. The van der Waals surface area contributed by atoms with Gasteiger partial charge in [-0.1, -0.05) is 11.6 Å². The molecule has 0 spiro atoms. The Hall–Kier alpha value is -3.09. The van der Waals surface area contributed by atoms with Crippen LogP contribution in [0.1, 0.15) is 11.4 Å². The largest absolute Gasteiger partial charge is 0.487 e. The maximum Gasteiger partial charge on any atom is 0.258 e. The summed E-state index contributed by atoms with van der Waals surface area (Å²) in [6.07, 6.45) is 4.37. The smallest absolute Gasteiger partial charge is 0.258 e. The van der Waals surface area contributed by atoms with Gasteiger partial charge < -0.3 is 14.2 Å². The molecule has 4 heterocycles. The summed E-state index contributed by atoms with van der Waals surface area (Å²) < 4.78 is 9.76. The summed E-state index contributed by atoms with van der Waals surface area (Å²) in [5.41, 5.74) is 4.03. The van der Waals surface area contributed by atoms with E-state index in [1.165, 1.54) is 17.3 Å². The number of nitrogens with zero attached hydrogens (tertiary/aromatic N) is 4. The number of likely N-dealkylation sites (N-methyl/N-ethyl adjacent to an activating group) is 1. The quantitative estimate of drug-likeness (QED) is 0.488. The third-order valence-electron chi connectivity index (χ3n) is 5.77. The molecular weight excluding hydrogens is 412 g/mol. The second kappa shape index (κ2) is 8.21. The number of halogens is 1. The summed E-state index contributed by atoms with van der Waals surface area (Å²) in [4.78, 5) is 19.3. The van der Waals surface area contributed by atoms with Crippen LogP contribution in [0.25, 0.3) is 16.6 Å². The molecule has 6 nitrogen and oxygen atoms in total. The summed E-state index contributed by atoms with van der Waals surface area (Å²) in [7, 11) is 2.17. The third kappa shape index (κ3) is 4.09. The van der Waals surface area contributed by atoms with E-state index in [1.54, 1.807) is 35.2 Å². The molecule has 7 heteroatoms. The first-order valence-corrected chi connectivity index (χ1v) is 10.7. The summed E-state index contributed by atoms with van der Waals surface area (Å²) in [5, 5.41) is 1.74. The van der Waals surface area contributed by atoms with Gasteiger partial charge in [-0.05, 0) is 49.5 Å². The highest BCUT2D eigenvalue weighted by atomic mass is 35.5. The van der Waals surface area contributed by atoms with Crippen LogP contribution in [0.4, 0.5) is 0 Å². The molecule has 1 aliphatic rings. The molecule has 0 saturated heterocycles. The number of fused-ring (bicyclic) bond motifs is 3. The minimum absolute atomic E-state index is 0.136. The molecule has 0 N–H and O–H groups in total. The van der Waals surface area contributed by atoms with Crippen LogP contribution >= 0.6 is 11.6 Å². The van der Waals surface area contributed by atoms with Gasteiger partial charge in [0.25, 0.3) is 5.56 Å². The van der Waals surface area contributed by atoms with Crippen molar-refractivity contribution in [2.45, 2.75) is 19.6 Å². The number of hydrogen-bond acceptors (Lipinski definition) is 4. The second-order valence-corrected chi connectivity index (χ2v) is 8.35. The van der Waals surface area contributed by atoms with Crippen LogP contribution < -0.4 is 10.3 Å². The lowest BCUT2D eigenvalue weighted by Crippen LogP contribution is -2.21. The van der Waals surface area contributed by atoms with Gasteiger partial charge in [-0.15, -0.1) is 0 Å². The molecule has 158 valence electrons. The third-order valence-corrected chi connectivity index (χ3v) is 5.99. The van der Waals surface area contributed by atoms with Crippen LogP contribution in [0.5, 0.6) is 5.75 Å². The summed E-state index contributed by atoms with van der Waals surface area (Å²) >= 11 is 5.85. The van der Waals surface area contributed by atoms with Gasteiger partial charge in [0.2, 0.25) is 0 Å². The number of ether oxygens (including phenoxy) is 1. The van der Waals surface area contributed by atoms with E-state index in [4.69, 9.17) is 16.3 Å².